The Bertz CT molecular complexity index is 1350. The molecule has 2 aliphatic rings. The van der Waals surface area contributed by atoms with Crippen molar-refractivity contribution in [3.8, 4) is 5.69 Å². The summed E-state index contributed by atoms with van der Waals surface area (Å²) in [4.78, 5) is 31.6. The summed E-state index contributed by atoms with van der Waals surface area (Å²) in [5.74, 6) is -2.83. The van der Waals surface area contributed by atoms with E-state index in [0.29, 0.717) is 45.7 Å². The highest BCUT2D eigenvalue weighted by molar-refractivity contribution is 8.24. The molecule has 5 rings (SSSR count). The Balaban J connectivity index is 1.34. The highest BCUT2D eigenvalue weighted by atomic mass is 35.5. The number of benzene rings is 1. The van der Waals surface area contributed by atoms with Gasteiger partial charge in [-0.25, -0.2) is 13.8 Å². The molecule has 1 aromatic carbocycles. The van der Waals surface area contributed by atoms with Crippen LogP contribution in [0, 0.1) is 0 Å². The summed E-state index contributed by atoms with van der Waals surface area (Å²) in [7, 11) is -2.54. The van der Waals surface area contributed by atoms with Gasteiger partial charge in [0.05, 0.1) is 5.56 Å². The molecular formula is C25H27ClF2N4O4S. The number of nitrogens with one attached hydrogen (secondary N) is 1. The fraction of sp³-hybridized carbons (Fsp3) is 0.400. The molecule has 0 saturated carbocycles. The number of hydrogen-bond acceptors (Lipinski definition) is 5. The minimum absolute atomic E-state index is 0.00112. The number of rotatable bonds is 4. The first kappa shape index (κ1) is 25.9. The van der Waals surface area contributed by atoms with Crippen LogP contribution in [0.3, 0.4) is 0 Å². The average molecular weight is 553 g/mol. The number of amides is 2. The summed E-state index contributed by atoms with van der Waals surface area (Å²) < 4.78 is 48.3. The molecule has 198 valence electrons. The van der Waals surface area contributed by atoms with Gasteiger partial charge in [-0.1, -0.05) is 11.6 Å². The van der Waals surface area contributed by atoms with Crippen molar-refractivity contribution in [1.82, 2.24) is 19.8 Å². The number of carbonyl (C=O) groups excluding carboxylic acids is 2. The Morgan fingerprint density at radius 1 is 1.08 bits per heavy atom. The van der Waals surface area contributed by atoms with Crippen LogP contribution in [-0.2, 0) is 0 Å². The van der Waals surface area contributed by atoms with E-state index in [0.717, 1.165) is 0 Å². The largest absolute Gasteiger partial charge is 0.349 e. The van der Waals surface area contributed by atoms with Gasteiger partial charge in [0, 0.05) is 77.5 Å². The molecule has 0 unspecified atom stereocenters. The SMILES string of the molecule is O=C(NC1CCS(O)(O)CC1)c1cc(Cl)cc(-n2ccc3cc(C(=O)N4CCC(F)(F)CC4)cnc32)c1. The van der Waals surface area contributed by atoms with Gasteiger partial charge >= 0.3 is 0 Å². The van der Waals surface area contributed by atoms with Crippen molar-refractivity contribution >= 4 is 45.0 Å². The third-order valence-electron chi connectivity index (χ3n) is 6.90. The van der Waals surface area contributed by atoms with E-state index in [-0.39, 0.29) is 55.3 Å². The Hall–Kier alpha value is -2.73. The zero-order chi connectivity index (χ0) is 26.4. The molecule has 0 spiro atoms. The van der Waals surface area contributed by atoms with Crippen LogP contribution in [0.2, 0.25) is 5.02 Å². The van der Waals surface area contributed by atoms with Crippen LogP contribution in [0.1, 0.15) is 46.4 Å². The maximum atomic E-state index is 13.5. The molecule has 0 aliphatic carbocycles. The summed E-state index contributed by atoms with van der Waals surface area (Å²) in [6.07, 6.45) is 3.48. The van der Waals surface area contributed by atoms with Crippen LogP contribution < -0.4 is 5.32 Å². The van der Waals surface area contributed by atoms with Gasteiger partial charge in [-0.2, -0.15) is 10.6 Å². The minimum Gasteiger partial charge on any atom is -0.349 e. The van der Waals surface area contributed by atoms with Gasteiger partial charge in [-0.3, -0.25) is 18.7 Å². The van der Waals surface area contributed by atoms with Gasteiger partial charge in [-0.15, -0.1) is 0 Å². The quantitative estimate of drug-likeness (QED) is 0.413. The number of likely N-dealkylation sites (tertiary alicyclic amines) is 1. The van der Waals surface area contributed by atoms with Crippen molar-refractivity contribution < 1.29 is 27.5 Å². The lowest BCUT2D eigenvalue weighted by Crippen LogP contribution is -2.42. The van der Waals surface area contributed by atoms with E-state index < -0.39 is 16.5 Å². The van der Waals surface area contributed by atoms with Crippen LogP contribution in [0.5, 0.6) is 0 Å². The van der Waals surface area contributed by atoms with Gasteiger partial charge in [0.2, 0.25) is 0 Å². The second-order valence-corrected chi connectivity index (χ2v) is 12.5. The molecule has 8 nitrogen and oxygen atoms in total. The highest BCUT2D eigenvalue weighted by Crippen LogP contribution is 2.43. The van der Waals surface area contributed by atoms with E-state index in [1.54, 1.807) is 41.1 Å². The van der Waals surface area contributed by atoms with Crippen molar-refractivity contribution in [3.63, 3.8) is 0 Å². The van der Waals surface area contributed by atoms with Crippen LogP contribution in [0.4, 0.5) is 8.78 Å². The van der Waals surface area contributed by atoms with E-state index >= 15 is 0 Å². The molecule has 2 fully saturated rings. The fourth-order valence-electron chi connectivity index (χ4n) is 4.73. The minimum atomic E-state index is -2.73. The number of alkyl halides is 2. The summed E-state index contributed by atoms with van der Waals surface area (Å²) in [6, 6.07) is 8.26. The van der Waals surface area contributed by atoms with E-state index in [1.165, 1.54) is 11.1 Å². The molecule has 3 N–H and O–H groups in total. The third kappa shape index (κ3) is 5.74. The van der Waals surface area contributed by atoms with Crippen molar-refractivity contribution in [2.45, 2.75) is 37.6 Å². The molecule has 2 aromatic heterocycles. The highest BCUT2D eigenvalue weighted by Gasteiger charge is 2.36. The fourth-order valence-corrected chi connectivity index (χ4v) is 6.49. The maximum Gasteiger partial charge on any atom is 0.255 e. The first-order valence-corrected chi connectivity index (χ1v) is 14.3. The zero-order valence-electron chi connectivity index (χ0n) is 19.9. The number of pyridine rings is 1. The van der Waals surface area contributed by atoms with Crippen LogP contribution >= 0.6 is 22.2 Å². The topological polar surface area (TPSA) is 108 Å². The normalized spacial score (nSPS) is 20.5. The number of hydrogen-bond donors (Lipinski definition) is 3. The van der Waals surface area contributed by atoms with E-state index in [4.69, 9.17) is 11.6 Å². The molecule has 37 heavy (non-hydrogen) atoms. The zero-order valence-corrected chi connectivity index (χ0v) is 21.4. The third-order valence-corrected chi connectivity index (χ3v) is 8.90. The molecule has 0 radical (unpaired) electrons. The summed E-state index contributed by atoms with van der Waals surface area (Å²) >= 11 is 6.34. The molecule has 4 heterocycles. The van der Waals surface area contributed by atoms with Gasteiger partial charge in [0.15, 0.2) is 0 Å². The van der Waals surface area contributed by atoms with Crippen molar-refractivity contribution in [2.75, 3.05) is 24.6 Å². The molecule has 2 amide bonds. The smallest absolute Gasteiger partial charge is 0.255 e. The maximum absolute atomic E-state index is 13.5. The molecule has 0 bridgehead atoms. The Labute approximate surface area is 219 Å². The lowest BCUT2D eigenvalue weighted by molar-refractivity contribution is -0.0494. The van der Waals surface area contributed by atoms with E-state index in [9.17, 15) is 27.5 Å². The first-order chi connectivity index (χ1) is 17.5. The molecule has 3 aromatic rings. The average Bonchev–Trinajstić information content (AvgIpc) is 3.28. The number of halogens is 3. The lowest BCUT2D eigenvalue weighted by Gasteiger charge is -2.39. The lowest BCUT2D eigenvalue weighted by atomic mass is 10.1. The second-order valence-electron chi connectivity index (χ2n) is 9.63. The predicted octanol–water partition coefficient (Wildman–Crippen LogP) is 5.19. The van der Waals surface area contributed by atoms with Crippen LogP contribution in [0.15, 0.2) is 42.7 Å². The van der Waals surface area contributed by atoms with E-state index in [1.807, 2.05) is 0 Å². The number of nitrogens with zero attached hydrogens (tertiary/aromatic N) is 3. The Morgan fingerprint density at radius 3 is 2.49 bits per heavy atom. The number of carbonyl (C=O) groups is 2. The van der Waals surface area contributed by atoms with Gasteiger partial charge < -0.3 is 14.8 Å². The Morgan fingerprint density at radius 2 is 1.78 bits per heavy atom. The molecule has 2 saturated heterocycles. The number of fused-ring (bicyclic) bond motifs is 1. The van der Waals surface area contributed by atoms with Crippen LogP contribution in [-0.4, -0.2) is 71.9 Å². The van der Waals surface area contributed by atoms with Crippen molar-refractivity contribution in [2.24, 2.45) is 0 Å². The summed E-state index contributed by atoms with van der Waals surface area (Å²) in [5.41, 5.74) is 1.84. The van der Waals surface area contributed by atoms with Gasteiger partial charge in [-0.05, 0) is 43.2 Å². The summed E-state index contributed by atoms with van der Waals surface area (Å²) in [6.45, 7) is 0.00224. The standard InChI is InChI=1S/C25H27ClF2N4O4S/c26-19-12-17(23(33)30-20-2-9-37(35,36)10-3-20)13-21(14-19)32-6-1-16-11-18(15-29-22(16)32)24(34)31-7-4-25(27,28)5-8-31/h1,6,11-15,20,35-36H,2-5,7-10H2,(H,30,33). The molecule has 2 aliphatic heterocycles. The van der Waals surface area contributed by atoms with Crippen LogP contribution in [0.25, 0.3) is 16.7 Å². The molecular weight excluding hydrogens is 526 g/mol. The number of aromatic nitrogens is 2. The number of piperidine rings is 1. The first-order valence-electron chi connectivity index (χ1n) is 12.0. The van der Waals surface area contributed by atoms with Crippen molar-refractivity contribution in [1.29, 1.82) is 0 Å². The van der Waals surface area contributed by atoms with Gasteiger partial charge in [0.25, 0.3) is 17.7 Å². The Kier molecular flexibility index (Phi) is 6.90. The van der Waals surface area contributed by atoms with E-state index in [2.05, 4.69) is 10.3 Å². The molecule has 12 heteroatoms. The summed E-state index contributed by atoms with van der Waals surface area (Å²) in [5, 5.41) is 3.98. The van der Waals surface area contributed by atoms with Crippen molar-refractivity contribution in [3.05, 3.63) is 58.9 Å². The predicted molar refractivity (Wildman–Crippen MR) is 139 cm³/mol. The monoisotopic (exact) mass is 552 g/mol. The molecule has 0 atom stereocenters. The van der Waals surface area contributed by atoms with Gasteiger partial charge in [0.1, 0.15) is 5.65 Å². The second kappa shape index (κ2) is 9.86.